The van der Waals surface area contributed by atoms with E-state index in [4.69, 9.17) is 9.47 Å². The van der Waals surface area contributed by atoms with Gasteiger partial charge in [0.25, 0.3) is 5.91 Å². The van der Waals surface area contributed by atoms with E-state index in [1.165, 1.54) is 11.0 Å². The van der Waals surface area contributed by atoms with E-state index < -0.39 is 74.3 Å². The zero-order chi connectivity index (χ0) is 38.7. The second-order valence-electron chi connectivity index (χ2n) is 16.5. The Morgan fingerprint density at radius 2 is 1.80 bits per heavy atom. The number of aromatic amines is 1. The zero-order valence-electron chi connectivity index (χ0n) is 31.0. The minimum Gasteiger partial charge on any atom is -0.473 e. The van der Waals surface area contributed by atoms with Crippen molar-refractivity contribution in [1.82, 2.24) is 25.2 Å². The first-order valence-electron chi connectivity index (χ1n) is 19.6. The number of para-hydroxylation sites is 1. The van der Waals surface area contributed by atoms with E-state index in [9.17, 15) is 32.4 Å². The predicted octanol–water partition coefficient (Wildman–Crippen LogP) is 3.50. The molecule has 4 N–H and O–H groups in total. The van der Waals surface area contributed by atoms with E-state index >= 15 is 0 Å². The number of ether oxygens (including phenoxy) is 2. The Hall–Kier alpha value is -4.66. The van der Waals surface area contributed by atoms with Gasteiger partial charge in [-0.15, -0.1) is 6.58 Å². The summed E-state index contributed by atoms with van der Waals surface area (Å²) in [6.45, 7) is 5.63. The number of pyridine rings is 1. The van der Waals surface area contributed by atoms with Crippen molar-refractivity contribution in [2.75, 3.05) is 6.54 Å². The van der Waals surface area contributed by atoms with Crippen LogP contribution in [0, 0.1) is 17.8 Å². The number of hydrogen-bond donors (Lipinski definition) is 4. The second kappa shape index (κ2) is 14.1. The number of benzene rings is 1. The number of carbonyl (C=O) groups is 4. The first kappa shape index (κ1) is 37.3. The summed E-state index contributed by atoms with van der Waals surface area (Å²) in [7, 11) is -3.91. The molecule has 0 spiro atoms. The highest BCUT2D eigenvalue weighted by Gasteiger charge is 2.62. The van der Waals surface area contributed by atoms with E-state index in [2.05, 4.69) is 26.9 Å². The van der Waals surface area contributed by atoms with Crippen molar-refractivity contribution in [2.24, 2.45) is 17.8 Å². The highest BCUT2D eigenvalue weighted by molar-refractivity contribution is 7.91. The molecule has 0 unspecified atom stereocenters. The van der Waals surface area contributed by atoms with Gasteiger partial charge in [0.1, 0.15) is 29.3 Å². The van der Waals surface area contributed by atoms with E-state index in [1.54, 1.807) is 18.2 Å². The molecule has 4 amide bonds. The molecule has 55 heavy (non-hydrogen) atoms. The maximum absolute atomic E-state index is 14.8. The van der Waals surface area contributed by atoms with E-state index in [1.807, 2.05) is 25.1 Å². The molecule has 7 atom stereocenters. The lowest BCUT2D eigenvalue weighted by Gasteiger charge is -2.32. The summed E-state index contributed by atoms with van der Waals surface area (Å²) in [4.78, 5) is 74.8. The van der Waals surface area contributed by atoms with Crippen LogP contribution in [0.3, 0.4) is 0 Å². The van der Waals surface area contributed by atoms with Crippen LogP contribution in [0.5, 0.6) is 5.88 Å². The molecule has 2 aliphatic heterocycles. The van der Waals surface area contributed by atoms with Crippen molar-refractivity contribution >= 4 is 44.7 Å². The largest absolute Gasteiger partial charge is 0.473 e. The van der Waals surface area contributed by atoms with Crippen LogP contribution in [0.1, 0.15) is 83.1 Å². The summed E-state index contributed by atoms with van der Waals surface area (Å²) in [5.74, 6) is -2.32. The third kappa shape index (κ3) is 7.27. The van der Waals surface area contributed by atoms with Crippen molar-refractivity contribution in [3.63, 3.8) is 0 Å². The standard InChI is InChI=1S/C40H49N5O9S/c1-3-24-21-40(24,37(49)44-55(51,52)27-17-18-27)43-34(47)31-19-26-22-45(31)36(48)32(23-11-7-8-12-23)42-38(50)54-39(2)20-25(39)13-5-4-6-15-29-33(46)28-14-9-10-16-30(28)41-35(29)53-26/h3-4,6,9-10,14,16,23-27,31-32H,1,5,7-8,11-13,15,17-22H2,2H3,(H,41,46)(H,42,50)(H,43,47)(H,44,49)/b6-4-/t24-,25+,26-,31+,32+,39+,40-/m1/s1. The summed E-state index contributed by atoms with van der Waals surface area (Å²) in [5.41, 5.74) is -1.43. The minimum absolute atomic E-state index is 0.000121. The average Bonchev–Trinajstić information content (AvgIpc) is 4.11. The Bertz CT molecular complexity index is 2130. The van der Waals surface area contributed by atoms with E-state index in [0.717, 1.165) is 25.7 Å². The van der Waals surface area contributed by atoms with Crippen molar-refractivity contribution in [3.05, 3.63) is 64.9 Å². The molecule has 0 radical (unpaired) electrons. The molecule has 8 rings (SSSR count). The molecule has 15 heteroatoms. The first-order chi connectivity index (χ1) is 26.3. The summed E-state index contributed by atoms with van der Waals surface area (Å²) < 4.78 is 40.2. The van der Waals surface area contributed by atoms with E-state index in [0.29, 0.717) is 48.6 Å². The summed E-state index contributed by atoms with van der Waals surface area (Å²) in [6, 6.07) is 5.01. The van der Waals surface area contributed by atoms with Crippen molar-refractivity contribution < 1.29 is 37.1 Å². The zero-order valence-corrected chi connectivity index (χ0v) is 31.8. The van der Waals surface area contributed by atoms with Gasteiger partial charge in [0.15, 0.2) is 11.3 Å². The van der Waals surface area contributed by atoms with Crippen LogP contribution in [0.25, 0.3) is 10.9 Å². The van der Waals surface area contributed by atoms with Gasteiger partial charge in [0, 0.05) is 23.6 Å². The van der Waals surface area contributed by atoms with Crippen molar-refractivity contribution in [1.29, 1.82) is 0 Å². The number of nitrogens with one attached hydrogen (secondary N) is 4. The maximum Gasteiger partial charge on any atom is 0.408 e. The molecule has 3 heterocycles. The van der Waals surface area contributed by atoms with Gasteiger partial charge in [-0.3, -0.25) is 23.9 Å². The molecule has 4 aliphatic carbocycles. The third-order valence-electron chi connectivity index (χ3n) is 12.6. The number of aromatic nitrogens is 1. The van der Waals surface area contributed by atoms with Crippen LogP contribution < -0.4 is 25.5 Å². The first-order valence-corrected chi connectivity index (χ1v) is 21.1. The van der Waals surface area contributed by atoms with Crippen LogP contribution in [-0.2, 0) is 35.6 Å². The molecule has 6 aliphatic rings. The average molecular weight is 776 g/mol. The lowest BCUT2D eigenvalue weighted by Crippen LogP contribution is -2.59. The van der Waals surface area contributed by atoms with E-state index in [-0.39, 0.29) is 49.0 Å². The van der Waals surface area contributed by atoms with Gasteiger partial charge in [0.05, 0.1) is 22.9 Å². The van der Waals surface area contributed by atoms with Gasteiger partial charge < -0.3 is 30.0 Å². The third-order valence-corrected chi connectivity index (χ3v) is 14.4. The Labute approximate surface area is 319 Å². The number of carbonyl (C=O) groups excluding carboxylic acids is 4. The minimum atomic E-state index is -3.91. The number of hydrogen-bond acceptors (Lipinski definition) is 9. The van der Waals surface area contributed by atoms with Crippen molar-refractivity contribution in [2.45, 2.75) is 119 Å². The molecular formula is C40H49N5O9S. The number of alkyl carbamates (subject to hydrolysis) is 1. The Morgan fingerprint density at radius 1 is 1.04 bits per heavy atom. The lowest BCUT2D eigenvalue weighted by molar-refractivity contribution is -0.142. The molecule has 1 saturated heterocycles. The fourth-order valence-corrected chi connectivity index (χ4v) is 10.3. The highest BCUT2D eigenvalue weighted by atomic mass is 32.2. The molecule has 294 valence electrons. The van der Waals surface area contributed by atoms with Gasteiger partial charge in [-0.05, 0) is 82.8 Å². The van der Waals surface area contributed by atoms with Crippen LogP contribution in [0.15, 0.2) is 53.9 Å². The van der Waals surface area contributed by atoms with Gasteiger partial charge in [-0.2, -0.15) is 0 Å². The van der Waals surface area contributed by atoms with Gasteiger partial charge in [-0.25, -0.2) is 13.2 Å². The number of nitrogens with zero attached hydrogens (tertiary/aromatic N) is 1. The summed E-state index contributed by atoms with van der Waals surface area (Å²) in [5, 5.41) is 5.57. The molecule has 5 fully saturated rings. The SMILES string of the molecule is C=C[C@@H]1C[C@]1(NC(=O)[C@@H]1C[C@@H]2CN1C(=O)[C@H](C1CCCC1)NC(=O)O[C@@]1(C)C[C@@H]1CC/C=C\Cc1c([nH]c3ccccc3c1=O)O2)C(=O)NS(=O)(=O)C1CC1. The molecule has 4 saturated carbocycles. The number of amides is 4. The number of sulfonamides is 1. The molecule has 1 aromatic carbocycles. The van der Waals surface area contributed by atoms with Gasteiger partial charge in [-0.1, -0.05) is 43.2 Å². The van der Waals surface area contributed by atoms with Crippen LogP contribution in [0.2, 0.25) is 0 Å². The number of rotatable bonds is 7. The summed E-state index contributed by atoms with van der Waals surface area (Å²) in [6.07, 6.45) is 10.7. The highest BCUT2D eigenvalue weighted by Crippen LogP contribution is 2.50. The molecule has 2 bridgehead atoms. The molecular weight excluding hydrogens is 727 g/mol. The molecule has 2 aromatic rings. The summed E-state index contributed by atoms with van der Waals surface area (Å²) >= 11 is 0. The number of H-pyrrole nitrogens is 1. The van der Waals surface area contributed by atoms with Gasteiger partial charge in [0.2, 0.25) is 21.8 Å². The fraction of sp³-hybridized carbons (Fsp3) is 0.575. The number of allylic oxidation sites excluding steroid dienone is 2. The monoisotopic (exact) mass is 775 g/mol. The normalized spacial score (nSPS) is 33.1. The fourth-order valence-electron chi connectivity index (χ4n) is 8.90. The molecule has 14 nitrogen and oxygen atoms in total. The maximum atomic E-state index is 14.8. The quantitative estimate of drug-likeness (QED) is 0.305. The second-order valence-corrected chi connectivity index (χ2v) is 18.5. The van der Waals surface area contributed by atoms with Crippen LogP contribution in [-0.4, -0.2) is 83.2 Å². The Kier molecular flexibility index (Phi) is 9.57. The predicted molar refractivity (Wildman–Crippen MR) is 202 cm³/mol. The topological polar surface area (TPSA) is 193 Å². The molecule has 1 aromatic heterocycles. The lowest BCUT2D eigenvalue weighted by atomic mass is 9.96. The van der Waals surface area contributed by atoms with Crippen LogP contribution in [0.4, 0.5) is 4.79 Å². The van der Waals surface area contributed by atoms with Gasteiger partial charge >= 0.3 is 6.09 Å². The Balaban J connectivity index is 1.14. The van der Waals surface area contributed by atoms with Crippen molar-refractivity contribution in [3.8, 4) is 5.88 Å². The number of fused-ring (bicyclic) bond motifs is 5. The Morgan fingerprint density at radius 3 is 2.53 bits per heavy atom. The smallest absolute Gasteiger partial charge is 0.408 e. The van der Waals surface area contributed by atoms with Crippen LogP contribution >= 0.6 is 0 Å².